The minimum Gasteiger partial charge on any atom is -0.507 e. The van der Waals surface area contributed by atoms with Crippen LogP contribution in [0, 0.1) is 13.8 Å². The lowest BCUT2D eigenvalue weighted by Crippen LogP contribution is -1.86. The molecule has 2 aromatic heterocycles. The van der Waals surface area contributed by atoms with Gasteiger partial charge in [-0.2, -0.15) is 4.98 Å². The van der Waals surface area contributed by atoms with Gasteiger partial charge in [0.1, 0.15) is 5.75 Å². The SMILES string of the molecule is Cc1cc(-c2noc(-c3ccc(N)s3)n2)cc(C)c1O. The Morgan fingerprint density at radius 2 is 1.90 bits per heavy atom. The van der Waals surface area contributed by atoms with Crippen molar-refractivity contribution in [1.82, 2.24) is 10.1 Å². The molecule has 0 unspecified atom stereocenters. The van der Waals surface area contributed by atoms with Crippen molar-refractivity contribution >= 4 is 16.3 Å². The highest BCUT2D eigenvalue weighted by molar-refractivity contribution is 7.19. The molecule has 2 heterocycles. The summed E-state index contributed by atoms with van der Waals surface area (Å²) in [4.78, 5) is 5.21. The maximum absolute atomic E-state index is 9.79. The number of nitrogen functional groups attached to an aromatic ring is 1. The molecule has 20 heavy (non-hydrogen) atoms. The van der Waals surface area contributed by atoms with Crippen LogP contribution < -0.4 is 5.73 Å². The van der Waals surface area contributed by atoms with Crippen molar-refractivity contribution in [1.29, 1.82) is 0 Å². The van der Waals surface area contributed by atoms with Gasteiger partial charge >= 0.3 is 0 Å². The predicted octanol–water partition coefficient (Wildman–Crippen LogP) is 3.37. The Hall–Kier alpha value is -2.34. The number of thiophene rings is 1. The van der Waals surface area contributed by atoms with Gasteiger partial charge in [0, 0.05) is 5.56 Å². The first kappa shape index (κ1) is 12.7. The van der Waals surface area contributed by atoms with Crippen LogP contribution >= 0.6 is 11.3 Å². The first-order valence-corrected chi connectivity index (χ1v) is 6.86. The number of aromatic hydroxyl groups is 1. The van der Waals surface area contributed by atoms with Crippen LogP contribution in [0.5, 0.6) is 5.75 Å². The van der Waals surface area contributed by atoms with Gasteiger partial charge in [-0.05, 0) is 49.2 Å². The van der Waals surface area contributed by atoms with Crippen LogP contribution in [0.3, 0.4) is 0 Å². The zero-order chi connectivity index (χ0) is 14.3. The number of hydrogen-bond donors (Lipinski definition) is 2. The summed E-state index contributed by atoms with van der Waals surface area (Å²) >= 11 is 1.40. The number of hydrogen-bond acceptors (Lipinski definition) is 6. The maximum Gasteiger partial charge on any atom is 0.268 e. The third-order valence-corrected chi connectivity index (χ3v) is 3.92. The number of phenols is 1. The minimum atomic E-state index is 0.295. The predicted molar refractivity (Wildman–Crippen MR) is 78.6 cm³/mol. The normalized spacial score (nSPS) is 10.9. The van der Waals surface area contributed by atoms with Crippen LogP contribution in [0.2, 0.25) is 0 Å². The molecule has 3 aromatic rings. The molecule has 0 spiro atoms. The lowest BCUT2D eigenvalue weighted by molar-refractivity contribution is 0.433. The average molecular weight is 287 g/mol. The van der Waals surface area contributed by atoms with Gasteiger partial charge in [0.2, 0.25) is 5.82 Å². The van der Waals surface area contributed by atoms with E-state index in [2.05, 4.69) is 10.1 Å². The molecule has 0 fully saturated rings. The van der Waals surface area contributed by atoms with Gasteiger partial charge < -0.3 is 15.4 Å². The van der Waals surface area contributed by atoms with Crippen molar-refractivity contribution in [2.75, 3.05) is 5.73 Å². The fourth-order valence-corrected chi connectivity index (χ4v) is 2.69. The first-order valence-electron chi connectivity index (χ1n) is 6.04. The van der Waals surface area contributed by atoms with E-state index in [0.29, 0.717) is 22.5 Å². The highest BCUT2D eigenvalue weighted by Crippen LogP contribution is 2.31. The van der Waals surface area contributed by atoms with Crippen LogP contribution in [0.15, 0.2) is 28.8 Å². The molecular weight excluding hydrogens is 274 g/mol. The Kier molecular flexibility index (Phi) is 2.94. The smallest absolute Gasteiger partial charge is 0.268 e. The molecule has 0 saturated heterocycles. The second-order valence-corrected chi connectivity index (χ2v) is 5.70. The van der Waals surface area contributed by atoms with E-state index in [1.165, 1.54) is 11.3 Å². The monoisotopic (exact) mass is 287 g/mol. The van der Waals surface area contributed by atoms with Gasteiger partial charge in [-0.15, -0.1) is 11.3 Å². The maximum atomic E-state index is 9.79. The van der Waals surface area contributed by atoms with E-state index < -0.39 is 0 Å². The van der Waals surface area contributed by atoms with Crippen LogP contribution in [-0.4, -0.2) is 15.2 Å². The number of nitrogens with zero attached hydrogens (tertiary/aromatic N) is 2. The van der Waals surface area contributed by atoms with Gasteiger partial charge in [-0.25, -0.2) is 0 Å². The molecule has 5 nitrogen and oxygen atoms in total. The van der Waals surface area contributed by atoms with Gasteiger partial charge in [-0.3, -0.25) is 0 Å². The van der Waals surface area contributed by atoms with Crippen LogP contribution in [-0.2, 0) is 0 Å². The summed E-state index contributed by atoms with van der Waals surface area (Å²) in [5.74, 6) is 1.24. The van der Waals surface area contributed by atoms with Crippen molar-refractivity contribution in [3.05, 3.63) is 35.4 Å². The van der Waals surface area contributed by atoms with Crippen molar-refractivity contribution in [2.45, 2.75) is 13.8 Å². The van der Waals surface area contributed by atoms with Crippen molar-refractivity contribution in [3.8, 4) is 27.9 Å². The summed E-state index contributed by atoms with van der Waals surface area (Å²) < 4.78 is 5.26. The van der Waals surface area contributed by atoms with Crippen molar-refractivity contribution in [3.63, 3.8) is 0 Å². The molecule has 0 atom stereocenters. The summed E-state index contributed by atoms with van der Waals surface area (Å²) in [6.07, 6.45) is 0. The molecule has 0 radical (unpaired) electrons. The highest BCUT2D eigenvalue weighted by Gasteiger charge is 2.14. The van der Waals surface area contributed by atoms with E-state index in [9.17, 15) is 5.11 Å². The van der Waals surface area contributed by atoms with E-state index in [1.54, 1.807) is 6.07 Å². The average Bonchev–Trinajstić information content (AvgIpc) is 3.03. The number of aromatic nitrogens is 2. The Morgan fingerprint density at radius 3 is 2.50 bits per heavy atom. The molecule has 0 aliphatic carbocycles. The lowest BCUT2D eigenvalue weighted by atomic mass is 10.1. The Balaban J connectivity index is 2.02. The molecule has 6 heteroatoms. The number of phenolic OH excluding ortho intramolecular Hbond substituents is 1. The molecule has 0 bridgehead atoms. The second kappa shape index (κ2) is 4.64. The molecule has 3 rings (SSSR count). The molecule has 3 N–H and O–H groups in total. The molecule has 0 aliphatic heterocycles. The standard InChI is InChI=1S/C14H13N3O2S/c1-7-5-9(6-8(2)12(7)18)13-16-14(19-17-13)10-3-4-11(15)20-10/h3-6,18H,15H2,1-2H3. The zero-order valence-electron chi connectivity index (χ0n) is 11.0. The van der Waals surface area contributed by atoms with Crippen LogP contribution in [0.1, 0.15) is 11.1 Å². The summed E-state index contributed by atoms with van der Waals surface area (Å²) in [6, 6.07) is 7.32. The Morgan fingerprint density at radius 1 is 1.20 bits per heavy atom. The van der Waals surface area contributed by atoms with Crippen LogP contribution in [0.25, 0.3) is 22.2 Å². The molecule has 1 aromatic carbocycles. The fourth-order valence-electron chi connectivity index (χ4n) is 1.99. The summed E-state index contributed by atoms with van der Waals surface area (Å²) in [6.45, 7) is 3.68. The highest BCUT2D eigenvalue weighted by atomic mass is 32.1. The first-order chi connectivity index (χ1) is 9.54. The topological polar surface area (TPSA) is 85.2 Å². The van der Waals surface area contributed by atoms with Crippen molar-refractivity contribution in [2.24, 2.45) is 0 Å². The number of anilines is 1. The largest absolute Gasteiger partial charge is 0.507 e. The number of benzene rings is 1. The number of rotatable bonds is 2. The van der Waals surface area contributed by atoms with Gasteiger partial charge in [-0.1, -0.05) is 5.16 Å². The molecule has 0 saturated carbocycles. The molecular formula is C14H13N3O2S. The number of aryl methyl sites for hydroxylation is 2. The molecule has 102 valence electrons. The quantitative estimate of drug-likeness (QED) is 0.754. The summed E-state index contributed by atoms with van der Waals surface area (Å²) in [5.41, 5.74) is 8.08. The summed E-state index contributed by atoms with van der Waals surface area (Å²) in [7, 11) is 0. The fraction of sp³-hybridized carbons (Fsp3) is 0.143. The lowest BCUT2D eigenvalue weighted by Gasteiger charge is -2.04. The van der Waals surface area contributed by atoms with Gasteiger partial charge in [0.05, 0.1) is 9.88 Å². The summed E-state index contributed by atoms with van der Waals surface area (Å²) in [5, 5.41) is 14.5. The minimum absolute atomic E-state index is 0.295. The Bertz CT molecular complexity index is 753. The molecule has 0 amide bonds. The Labute approximate surface area is 119 Å². The third kappa shape index (κ3) is 2.14. The van der Waals surface area contributed by atoms with E-state index in [4.69, 9.17) is 10.3 Å². The van der Waals surface area contributed by atoms with Crippen molar-refractivity contribution < 1.29 is 9.63 Å². The van der Waals surface area contributed by atoms with Gasteiger partial charge in [0.15, 0.2) is 0 Å². The van der Waals surface area contributed by atoms with Crippen LogP contribution in [0.4, 0.5) is 5.00 Å². The third-order valence-electron chi connectivity index (χ3n) is 3.01. The zero-order valence-corrected chi connectivity index (χ0v) is 11.9. The molecule has 0 aliphatic rings. The van der Waals surface area contributed by atoms with Gasteiger partial charge in [0.25, 0.3) is 5.89 Å². The number of nitrogens with two attached hydrogens (primary N) is 1. The van der Waals surface area contributed by atoms with E-state index in [-0.39, 0.29) is 0 Å². The van der Waals surface area contributed by atoms with E-state index in [0.717, 1.165) is 21.6 Å². The second-order valence-electron chi connectivity index (χ2n) is 4.58. The van der Waals surface area contributed by atoms with E-state index in [1.807, 2.05) is 32.0 Å². The van der Waals surface area contributed by atoms with E-state index >= 15 is 0 Å².